The second-order valence-electron chi connectivity index (χ2n) is 7.57. The summed E-state index contributed by atoms with van der Waals surface area (Å²) in [5, 5.41) is 2.84. The number of nitrogens with one attached hydrogen (secondary N) is 3. The van der Waals surface area contributed by atoms with E-state index in [0.29, 0.717) is 23.5 Å². The lowest BCUT2D eigenvalue weighted by molar-refractivity contribution is -0.116. The van der Waals surface area contributed by atoms with Crippen molar-refractivity contribution in [2.24, 2.45) is 0 Å². The molecule has 9 heteroatoms. The van der Waals surface area contributed by atoms with Gasteiger partial charge in [-0.15, -0.1) is 0 Å². The number of hydrogen-bond acceptors (Lipinski definition) is 5. The van der Waals surface area contributed by atoms with Gasteiger partial charge in [0.1, 0.15) is 0 Å². The van der Waals surface area contributed by atoms with Crippen molar-refractivity contribution in [3.05, 3.63) is 53.6 Å². The van der Waals surface area contributed by atoms with Crippen molar-refractivity contribution < 1.29 is 19.2 Å². The summed E-state index contributed by atoms with van der Waals surface area (Å²) in [5.41, 5.74) is 7.46. The lowest BCUT2D eigenvalue weighted by atomic mass is 10.1. The number of benzene rings is 2. The molecule has 0 unspecified atom stereocenters. The molecule has 3 N–H and O–H groups in total. The van der Waals surface area contributed by atoms with Gasteiger partial charge in [0.15, 0.2) is 0 Å². The maximum Gasteiger partial charge on any atom is 0.340 e. The van der Waals surface area contributed by atoms with E-state index >= 15 is 0 Å². The summed E-state index contributed by atoms with van der Waals surface area (Å²) in [6, 6.07) is 11.2. The number of hydrazine groups is 1. The predicted molar refractivity (Wildman–Crippen MR) is 123 cm³/mol. The summed E-state index contributed by atoms with van der Waals surface area (Å²) in [7, 11) is 2.92. The molecule has 0 saturated carbocycles. The van der Waals surface area contributed by atoms with Gasteiger partial charge in [0, 0.05) is 26.2 Å². The molecular weight excluding hydrogens is 410 g/mol. The lowest BCUT2D eigenvalue weighted by Crippen LogP contribution is -2.41. The third kappa shape index (κ3) is 4.88. The molecule has 5 amide bonds. The fourth-order valence-electron chi connectivity index (χ4n) is 3.38. The van der Waals surface area contributed by atoms with Gasteiger partial charge < -0.3 is 5.32 Å². The number of urea groups is 1. The van der Waals surface area contributed by atoms with Crippen molar-refractivity contribution >= 4 is 40.8 Å². The van der Waals surface area contributed by atoms with Crippen LogP contribution in [0.25, 0.3) is 0 Å². The monoisotopic (exact) mass is 437 g/mol. The van der Waals surface area contributed by atoms with Crippen molar-refractivity contribution in [1.29, 1.82) is 0 Å². The molecule has 2 aromatic carbocycles. The maximum atomic E-state index is 12.6. The molecule has 1 aliphatic heterocycles. The van der Waals surface area contributed by atoms with Crippen LogP contribution in [0.2, 0.25) is 0 Å². The number of amides is 5. The number of imide groups is 1. The molecule has 0 radical (unpaired) electrons. The minimum absolute atomic E-state index is 0.0249. The molecule has 0 atom stereocenters. The van der Waals surface area contributed by atoms with Crippen LogP contribution in [-0.2, 0) is 4.79 Å². The summed E-state index contributed by atoms with van der Waals surface area (Å²) in [5.74, 6) is -0.861. The van der Waals surface area contributed by atoms with Gasteiger partial charge in [0.05, 0.1) is 22.5 Å². The van der Waals surface area contributed by atoms with Gasteiger partial charge in [-0.25, -0.2) is 4.79 Å². The minimum Gasteiger partial charge on any atom is -0.326 e. The molecule has 0 saturated heterocycles. The van der Waals surface area contributed by atoms with Crippen LogP contribution in [-0.4, -0.2) is 42.7 Å². The Kier molecular flexibility index (Phi) is 7.09. The largest absolute Gasteiger partial charge is 0.340 e. The standard InChI is InChI=1S/C23H27N5O4/c1-4-5-6-10-19(29)24-15-11-13-16(14-12-15)25-26-23(32)27(2)18-9-7-8-17-20(18)22(31)28(3)21(17)30/h7-9,11-14,25H,4-6,10H2,1-3H3,(H,24,29)(H,26,32). The van der Waals surface area contributed by atoms with Crippen molar-refractivity contribution in [2.45, 2.75) is 32.6 Å². The molecule has 32 heavy (non-hydrogen) atoms. The molecule has 0 spiro atoms. The van der Waals surface area contributed by atoms with E-state index in [4.69, 9.17) is 0 Å². The number of nitrogens with zero attached hydrogens (tertiary/aromatic N) is 2. The van der Waals surface area contributed by atoms with Gasteiger partial charge in [-0.3, -0.25) is 35.0 Å². The molecular formula is C23H27N5O4. The van der Waals surface area contributed by atoms with Crippen LogP contribution in [0.15, 0.2) is 42.5 Å². The SMILES string of the molecule is CCCCCC(=O)Nc1ccc(NNC(=O)N(C)c2cccc3c2C(=O)N(C)C3=O)cc1. The molecule has 0 fully saturated rings. The first-order valence-corrected chi connectivity index (χ1v) is 10.5. The van der Waals surface area contributed by atoms with E-state index in [9.17, 15) is 19.2 Å². The van der Waals surface area contributed by atoms with Gasteiger partial charge in [-0.2, -0.15) is 0 Å². The first-order valence-electron chi connectivity index (χ1n) is 10.5. The summed E-state index contributed by atoms with van der Waals surface area (Å²) >= 11 is 0. The molecule has 168 valence electrons. The molecule has 0 aromatic heterocycles. The van der Waals surface area contributed by atoms with E-state index in [1.165, 1.54) is 19.0 Å². The van der Waals surface area contributed by atoms with Gasteiger partial charge in [-0.1, -0.05) is 25.8 Å². The highest BCUT2D eigenvalue weighted by molar-refractivity contribution is 6.24. The normalized spacial score (nSPS) is 12.4. The quantitative estimate of drug-likeness (QED) is 0.332. The zero-order chi connectivity index (χ0) is 23.3. The van der Waals surface area contributed by atoms with Crippen LogP contribution in [0.1, 0.15) is 53.3 Å². The topological polar surface area (TPSA) is 111 Å². The Morgan fingerprint density at radius 3 is 2.34 bits per heavy atom. The molecule has 1 aliphatic rings. The highest BCUT2D eigenvalue weighted by Gasteiger charge is 2.36. The Balaban J connectivity index is 1.58. The lowest BCUT2D eigenvalue weighted by Gasteiger charge is -2.20. The van der Waals surface area contributed by atoms with Crippen molar-refractivity contribution in [3.8, 4) is 0 Å². The molecule has 0 aliphatic carbocycles. The molecule has 1 heterocycles. The highest BCUT2D eigenvalue weighted by atomic mass is 16.2. The van der Waals surface area contributed by atoms with E-state index in [1.807, 2.05) is 0 Å². The number of anilines is 3. The second kappa shape index (κ2) is 9.95. The third-order valence-electron chi connectivity index (χ3n) is 5.25. The second-order valence-corrected chi connectivity index (χ2v) is 7.57. The summed E-state index contributed by atoms with van der Waals surface area (Å²) < 4.78 is 0. The zero-order valence-corrected chi connectivity index (χ0v) is 18.4. The number of carbonyl (C=O) groups is 4. The Labute approximate surface area is 186 Å². The van der Waals surface area contributed by atoms with E-state index in [1.54, 1.807) is 42.5 Å². The fraction of sp³-hybridized carbons (Fsp3) is 0.304. The van der Waals surface area contributed by atoms with Gasteiger partial charge in [-0.05, 0) is 42.8 Å². The summed E-state index contributed by atoms with van der Waals surface area (Å²) in [6.07, 6.45) is 3.44. The van der Waals surface area contributed by atoms with Crippen LogP contribution in [0.4, 0.5) is 21.9 Å². The fourth-order valence-corrected chi connectivity index (χ4v) is 3.38. The van der Waals surface area contributed by atoms with Crippen molar-refractivity contribution in [3.63, 3.8) is 0 Å². The summed E-state index contributed by atoms with van der Waals surface area (Å²) in [4.78, 5) is 51.4. The Bertz CT molecular complexity index is 1040. The first-order chi connectivity index (χ1) is 15.3. The number of carbonyl (C=O) groups excluding carboxylic acids is 4. The van der Waals surface area contributed by atoms with Crippen molar-refractivity contribution in [2.75, 3.05) is 29.7 Å². The minimum atomic E-state index is -0.512. The molecule has 0 bridgehead atoms. The zero-order valence-electron chi connectivity index (χ0n) is 18.4. The van der Waals surface area contributed by atoms with Crippen LogP contribution in [0.3, 0.4) is 0 Å². The average molecular weight is 438 g/mol. The third-order valence-corrected chi connectivity index (χ3v) is 5.25. The van der Waals surface area contributed by atoms with Gasteiger partial charge in [0.2, 0.25) is 5.91 Å². The van der Waals surface area contributed by atoms with E-state index in [-0.39, 0.29) is 17.0 Å². The van der Waals surface area contributed by atoms with Gasteiger partial charge in [0.25, 0.3) is 11.8 Å². The van der Waals surface area contributed by atoms with Crippen LogP contribution in [0, 0.1) is 0 Å². The smallest absolute Gasteiger partial charge is 0.326 e. The van der Waals surface area contributed by atoms with Crippen LogP contribution in [0.5, 0.6) is 0 Å². The number of hydrogen-bond donors (Lipinski definition) is 3. The summed E-state index contributed by atoms with van der Waals surface area (Å²) in [6.45, 7) is 2.09. The number of fused-ring (bicyclic) bond motifs is 1. The van der Waals surface area contributed by atoms with Gasteiger partial charge >= 0.3 is 6.03 Å². The average Bonchev–Trinajstić information content (AvgIpc) is 3.02. The number of unbranched alkanes of at least 4 members (excludes halogenated alkanes) is 2. The molecule has 3 rings (SSSR count). The van der Waals surface area contributed by atoms with Crippen LogP contribution < -0.4 is 21.1 Å². The Hall–Kier alpha value is -3.88. The Morgan fingerprint density at radius 2 is 1.66 bits per heavy atom. The number of rotatable bonds is 8. The van der Waals surface area contributed by atoms with E-state index in [2.05, 4.69) is 23.1 Å². The highest BCUT2D eigenvalue weighted by Crippen LogP contribution is 2.30. The Morgan fingerprint density at radius 1 is 0.969 bits per heavy atom. The van der Waals surface area contributed by atoms with E-state index in [0.717, 1.165) is 24.2 Å². The molecule has 9 nitrogen and oxygen atoms in total. The van der Waals surface area contributed by atoms with Crippen molar-refractivity contribution in [1.82, 2.24) is 10.3 Å². The first kappa shape index (κ1) is 22.8. The predicted octanol–water partition coefficient (Wildman–Crippen LogP) is 3.60. The maximum absolute atomic E-state index is 12.6. The molecule has 2 aromatic rings. The van der Waals surface area contributed by atoms with Crippen LogP contribution >= 0.6 is 0 Å². The van der Waals surface area contributed by atoms with E-state index < -0.39 is 17.8 Å².